The van der Waals surface area contributed by atoms with Crippen LogP contribution in [0.15, 0.2) is 42.5 Å². The molecule has 29 heavy (non-hydrogen) atoms. The van der Waals surface area contributed by atoms with Gasteiger partial charge in [0.15, 0.2) is 11.5 Å². The maximum atomic E-state index is 11.6. The number of aliphatic hydroxyl groups excluding tert-OH is 1. The van der Waals surface area contributed by atoms with Gasteiger partial charge < -0.3 is 29.7 Å². The van der Waals surface area contributed by atoms with Crippen molar-refractivity contribution in [2.45, 2.75) is 31.8 Å². The van der Waals surface area contributed by atoms with E-state index in [1.807, 2.05) is 19.1 Å². The molecule has 1 aliphatic rings. The van der Waals surface area contributed by atoms with Crippen molar-refractivity contribution < 1.29 is 34.0 Å². The first-order chi connectivity index (χ1) is 13.8. The third-order valence-electron chi connectivity index (χ3n) is 4.29. The largest absolute Gasteiger partial charge is 0.513 e. The van der Waals surface area contributed by atoms with Crippen molar-refractivity contribution in [3.8, 4) is 11.5 Å². The van der Waals surface area contributed by atoms with Gasteiger partial charge in [0.2, 0.25) is 0 Å². The Morgan fingerprint density at radius 3 is 2.69 bits per heavy atom. The molecule has 2 aromatic carbocycles. The quantitative estimate of drug-likeness (QED) is 0.462. The summed E-state index contributed by atoms with van der Waals surface area (Å²) < 4.78 is 14.6. The number of esters is 1. The molecular weight excluding hydrogens is 402 g/mol. The van der Waals surface area contributed by atoms with Crippen LogP contribution in [0.2, 0.25) is 5.02 Å². The number of carboxylic acid groups (broad SMARTS) is 1. The summed E-state index contributed by atoms with van der Waals surface area (Å²) >= 11 is 5.95. The van der Waals surface area contributed by atoms with Crippen LogP contribution in [-0.4, -0.2) is 41.2 Å². The first kappa shape index (κ1) is 20.9. The molecule has 0 radical (unpaired) electrons. The van der Waals surface area contributed by atoms with Gasteiger partial charge in [-0.2, -0.15) is 0 Å². The fraction of sp³-hybridized carbons (Fsp3) is 0.300. The second kappa shape index (κ2) is 9.13. The number of carbonyl (C=O) groups excluding carboxylic acids is 1. The molecule has 8 nitrogen and oxygen atoms in total. The zero-order chi connectivity index (χ0) is 21.0. The molecule has 0 unspecified atom stereocenters. The predicted molar refractivity (Wildman–Crippen MR) is 103 cm³/mol. The average molecular weight is 422 g/mol. The van der Waals surface area contributed by atoms with E-state index in [-0.39, 0.29) is 6.04 Å². The summed E-state index contributed by atoms with van der Waals surface area (Å²) in [4.78, 5) is 22.0. The Bertz CT molecular complexity index is 904. The maximum Gasteiger partial charge on any atom is 0.513 e. The van der Waals surface area contributed by atoms with Crippen LogP contribution in [-0.2, 0) is 16.0 Å². The number of fused-ring (bicyclic) bond motifs is 1. The van der Waals surface area contributed by atoms with Gasteiger partial charge in [-0.1, -0.05) is 29.8 Å². The van der Waals surface area contributed by atoms with Crippen LogP contribution in [0.3, 0.4) is 0 Å². The van der Waals surface area contributed by atoms with Gasteiger partial charge in [0.05, 0.1) is 6.10 Å². The number of ether oxygens (including phenoxy) is 3. The van der Waals surface area contributed by atoms with Gasteiger partial charge in [-0.15, -0.1) is 0 Å². The highest BCUT2D eigenvalue weighted by Crippen LogP contribution is 2.36. The van der Waals surface area contributed by atoms with E-state index < -0.39 is 24.5 Å². The van der Waals surface area contributed by atoms with E-state index in [1.165, 1.54) is 0 Å². The molecule has 0 aliphatic carbocycles. The van der Waals surface area contributed by atoms with E-state index in [9.17, 15) is 14.7 Å². The second-order valence-electron chi connectivity index (χ2n) is 6.62. The highest BCUT2D eigenvalue weighted by atomic mass is 35.5. The van der Waals surface area contributed by atoms with Crippen LogP contribution >= 0.6 is 11.6 Å². The molecule has 1 aliphatic heterocycles. The second-order valence-corrected chi connectivity index (χ2v) is 7.06. The number of hydrogen-bond donors (Lipinski definition) is 3. The van der Waals surface area contributed by atoms with Crippen molar-refractivity contribution in [1.82, 2.24) is 5.32 Å². The zero-order valence-electron chi connectivity index (χ0n) is 15.5. The summed E-state index contributed by atoms with van der Waals surface area (Å²) in [6.45, 7) is 2.33. The first-order valence-electron chi connectivity index (χ1n) is 8.89. The summed E-state index contributed by atoms with van der Waals surface area (Å²) in [6, 6.07) is 12.3. The van der Waals surface area contributed by atoms with Gasteiger partial charge in [0, 0.05) is 17.6 Å². The Morgan fingerprint density at radius 1 is 1.21 bits per heavy atom. The van der Waals surface area contributed by atoms with E-state index in [2.05, 4.69) is 10.1 Å². The molecule has 9 heteroatoms. The van der Waals surface area contributed by atoms with Crippen molar-refractivity contribution in [2.24, 2.45) is 0 Å². The Labute approximate surface area is 172 Å². The first-order valence-corrected chi connectivity index (χ1v) is 9.27. The number of halogens is 1. The van der Waals surface area contributed by atoms with Crippen molar-refractivity contribution in [2.75, 3.05) is 6.54 Å². The number of rotatable bonds is 7. The maximum absolute atomic E-state index is 11.6. The standard InChI is InChI=1S/C20H20ClNO7/c1-11(22-10-15(23)13-3-2-4-14(21)9-13)7-12-5-6-16-17(8-12)28-19(27-16)18(24)29-20(25)26/h2-6,8-9,11,15,19,22-23H,7,10H2,1H3,(H,25,26)/t11-,15+,19+/m1/s1. The third kappa shape index (κ3) is 5.60. The SMILES string of the molecule is C[C@H](Cc1ccc2c(c1)O[C@@H](C(=O)OC(=O)O)O2)NC[C@H](O)c1cccc(Cl)c1. The molecule has 154 valence electrons. The molecule has 0 aromatic heterocycles. The molecule has 1 heterocycles. The highest BCUT2D eigenvalue weighted by Gasteiger charge is 2.34. The Kier molecular flexibility index (Phi) is 6.58. The zero-order valence-corrected chi connectivity index (χ0v) is 16.3. The van der Waals surface area contributed by atoms with E-state index in [0.717, 1.165) is 11.1 Å². The van der Waals surface area contributed by atoms with Crippen molar-refractivity contribution >= 4 is 23.7 Å². The molecule has 0 amide bonds. The van der Waals surface area contributed by atoms with Crippen molar-refractivity contribution in [3.63, 3.8) is 0 Å². The van der Waals surface area contributed by atoms with E-state index >= 15 is 0 Å². The lowest BCUT2D eigenvalue weighted by Gasteiger charge is -2.18. The average Bonchev–Trinajstić information content (AvgIpc) is 3.09. The predicted octanol–water partition coefficient (Wildman–Crippen LogP) is 2.91. The fourth-order valence-corrected chi connectivity index (χ4v) is 3.12. The van der Waals surface area contributed by atoms with E-state index in [1.54, 1.807) is 30.3 Å². The molecule has 0 spiro atoms. The smallest absolute Gasteiger partial charge is 0.449 e. The Hall–Kier alpha value is -2.81. The Morgan fingerprint density at radius 2 is 1.97 bits per heavy atom. The van der Waals surface area contributed by atoms with Gasteiger partial charge in [-0.25, -0.2) is 9.59 Å². The van der Waals surface area contributed by atoms with Crippen LogP contribution in [0, 0.1) is 0 Å². The highest BCUT2D eigenvalue weighted by molar-refractivity contribution is 6.30. The lowest BCUT2D eigenvalue weighted by atomic mass is 10.1. The van der Waals surface area contributed by atoms with Crippen LogP contribution in [0.1, 0.15) is 24.2 Å². The molecule has 3 N–H and O–H groups in total. The minimum atomic E-state index is -1.72. The topological polar surface area (TPSA) is 114 Å². The molecule has 2 aromatic rings. The number of aliphatic hydroxyl groups is 1. The minimum absolute atomic E-state index is 0.0389. The number of hydrogen-bond acceptors (Lipinski definition) is 7. The van der Waals surface area contributed by atoms with Gasteiger partial charge >= 0.3 is 18.4 Å². The molecule has 3 rings (SSSR count). The van der Waals surface area contributed by atoms with E-state index in [0.29, 0.717) is 29.5 Å². The summed E-state index contributed by atoms with van der Waals surface area (Å²) in [5.41, 5.74) is 1.65. The van der Waals surface area contributed by atoms with E-state index in [4.69, 9.17) is 26.2 Å². The van der Waals surface area contributed by atoms with Crippen LogP contribution in [0.4, 0.5) is 4.79 Å². The van der Waals surface area contributed by atoms with Crippen LogP contribution in [0.5, 0.6) is 11.5 Å². The van der Waals surface area contributed by atoms with Gasteiger partial charge in [-0.3, -0.25) is 0 Å². The lowest BCUT2D eigenvalue weighted by molar-refractivity contribution is -0.156. The molecule has 0 bridgehead atoms. The van der Waals surface area contributed by atoms with Gasteiger partial charge in [0.1, 0.15) is 0 Å². The normalized spacial score (nSPS) is 16.9. The van der Waals surface area contributed by atoms with Crippen LogP contribution < -0.4 is 14.8 Å². The van der Waals surface area contributed by atoms with Crippen LogP contribution in [0.25, 0.3) is 0 Å². The molecule has 0 fully saturated rings. The number of benzene rings is 2. The molecule has 3 atom stereocenters. The third-order valence-corrected chi connectivity index (χ3v) is 4.53. The van der Waals surface area contributed by atoms with Gasteiger partial charge in [0.25, 0.3) is 0 Å². The minimum Gasteiger partial charge on any atom is -0.449 e. The molecule has 0 saturated heterocycles. The molecule has 0 saturated carbocycles. The summed E-state index contributed by atoms with van der Waals surface area (Å²) in [5.74, 6) is -0.473. The molecular formula is C20H20ClNO7. The number of nitrogens with one attached hydrogen (secondary N) is 1. The number of carbonyl (C=O) groups is 2. The summed E-state index contributed by atoms with van der Waals surface area (Å²) in [6.07, 6.45) is -3.23. The summed E-state index contributed by atoms with van der Waals surface area (Å²) in [7, 11) is 0. The Balaban J connectivity index is 1.53. The fourth-order valence-electron chi connectivity index (χ4n) is 2.92. The van der Waals surface area contributed by atoms with Crippen molar-refractivity contribution in [3.05, 3.63) is 58.6 Å². The monoisotopic (exact) mass is 421 g/mol. The van der Waals surface area contributed by atoms with Crippen molar-refractivity contribution in [1.29, 1.82) is 0 Å². The summed E-state index contributed by atoms with van der Waals surface area (Å²) in [5, 5.41) is 22.6. The van der Waals surface area contributed by atoms with Gasteiger partial charge in [-0.05, 0) is 48.7 Å². The lowest BCUT2D eigenvalue weighted by Crippen LogP contribution is -2.32.